The number of nitrogens with one attached hydrogen (secondary N) is 2. The fourth-order valence-corrected chi connectivity index (χ4v) is 3.30. The molecule has 2 rings (SSSR count). The molecule has 0 spiro atoms. The van der Waals surface area contributed by atoms with Gasteiger partial charge in [-0.3, -0.25) is 14.2 Å². The van der Waals surface area contributed by atoms with Gasteiger partial charge >= 0.3 is 0 Å². The van der Waals surface area contributed by atoms with Crippen molar-refractivity contribution in [1.82, 2.24) is 14.9 Å². The van der Waals surface area contributed by atoms with E-state index in [1.54, 1.807) is 25.1 Å². The number of fused-ring (bicyclic) bond motifs is 1. The Morgan fingerprint density at radius 1 is 1.44 bits per heavy atom. The van der Waals surface area contributed by atoms with Gasteiger partial charge in [0.2, 0.25) is 0 Å². The first-order valence-corrected chi connectivity index (χ1v) is 8.78. The standard InChI is InChI=1S/C18H25N3O3S/c1-5-21-16(24)13-7-6-12(8-14(13)20-17(21)25)15(23)19-10-18(3,4)9-11(2)22/h6-8,11,22H,5,9-10H2,1-4H3,(H,19,23)(H,20,25)/t11-/m0/s1. The Morgan fingerprint density at radius 3 is 2.72 bits per heavy atom. The number of rotatable bonds is 6. The van der Waals surface area contributed by atoms with Gasteiger partial charge in [-0.15, -0.1) is 0 Å². The number of carbonyl (C=O) groups is 1. The molecule has 136 valence electrons. The van der Waals surface area contributed by atoms with Gasteiger partial charge in [-0.2, -0.15) is 0 Å². The summed E-state index contributed by atoms with van der Waals surface area (Å²) in [6.45, 7) is 8.51. The summed E-state index contributed by atoms with van der Waals surface area (Å²) in [5, 5.41) is 12.9. The van der Waals surface area contributed by atoms with Crippen molar-refractivity contribution in [2.75, 3.05) is 6.54 Å². The van der Waals surface area contributed by atoms with E-state index in [1.807, 2.05) is 20.8 Å². The van der Waals surface area contributed by atoms with Crippen molar-refractivity contribution < 1.29 is 9.90 Å². The van der Waals surface area contributed by atoms with Crippen molar-refractivity contribution in [3.63, 3.8) is 0 Å². The SMILES string of the molecule is CCn1c(=S)[nH]c2cc(C(=O)NCC(C)(C)C[C@H](C)O)ccc2c1=O. The van der Waals surface area contributed by atoms with E-state index in [4.69, 9.17) is 12.2 Å². The summed E-state index contributed by atoms with van der Waals surface area (Å²) in [5.74, 6) is -0.223. The van der Waals surface area contributed by atoms with E-state index in [1.165, 1.54) is 4.57 Å². The van der Waals surface area contributed by atoms with Crippen molar-refractivity contribution in [2.24, 2.45) is 5.41 Å². The number of aromatic amines is 1. The summed E-state index contributed by atoms with van der Waals surface area (Å²) in [5.41, 5.74) is 0.636. The minimum Gasteiger partial charge on any atom is -0.393 e. The molecule has 0 aliphatic heterocycles. The first kappa shape index (κ1) is 19.3. The van der Waals surface area contributed by atoms with Crippen molar-refractivity contribution >= 4 is 29.0 Å². The van der Waals surface area contributed by atoms with Crippen LogP contribution in [0.2, 0.25) is 0 Å². The van der Waals surface area contributed by atoms with E-state index < -0.39 is 6.10 Å². The molecule has 25 heavy (non-hydrogen) atoms. The summed E-state index contributed by atoms with van der Waals surface area (Å²) in [7, 11) is 0. The van der Waals surface area contributed by atoms with Gasteiger partial charge < -0.3 is 15.4 Å². The molecule has 0 radical (unpaired) electrons. The number of amides is 1. The number of benzene rings is 1. The third-order valence-corrected chi connectivity index (χ3v) is 4.46. The Hall–Kier alpha value is -1.99. The predicted molar refractivity (Wildman–Crippen MR) is 101 cm³/mol. The van der Waals surface area contributed by atoms with Crippen LogP contribution in [0.1, 0.15) is 44.5 Å². The van der Waals surface area contributed by atoms with Crippen LogP contribution < -0.4 is 10.9 Å². The maximum absolute atomic E-state index is 12.4. The molecule has 3 N–H and O–H groups in total. The number of nitrogens with zero attached hydrogens (tertiary/aromatic N) is 1. The van der Waals surface area contributed by atoms with Gasteiger partial charge in [0, 0.05) is 18.7 Å². The molecule has 0 aliphatic carbocycles. The van der Waals surface area contributed by atoms with Crippen LogP contribution in [0.3, 0.4) is 0 Å². The van der Waals surface area contributed by atoms with E-state index in [0.29, 0.717) is 40.7 Å². The molecule has 6 nitrogen and oxygen atoms in total. The van der Waals surface area contributed by atoms with Gasteiger partial charge in [0.25, 0.3) is 11.5 Å². The zero-order chi connectivity index (χ0) is 18.8. The van der Waals surface area contributed by atoms with Gasteiger partial charge in [0.15, 0.2) is 4.77 Å². The second-order valence-corrected chi connectivity index (χ2v) is 7.53. The molecule has 2 aromatic rings. The molecule has 0 saturated carbocycles. The van der Waals surface area contributed by atoms with Crippen LogP contribution >= 0.6 is 12.2 Å². The number of aromatic nitrogens is 2. The minimum atomic E-state index is -0.423. The molecule has 7 heteroatoms. The Morgan fingerprint density at radius 2 is 2.12 bits per heavy atom. The Labute approximate surface area is 151 Å². The Bertz CT molecular complexity index is 897. The first-order chi connectivity index (χ1) is 11.6. The lowest BCUT2D eigenvalue weighted by molar-refractivity contribution is 0.0902. The predicted octanol–water partition coefficient (Wildman–Crippen LogP) is 2.61. The largest absolute Gasteiger partial charge is 0.393 e. The number of carbonyl (C=O) groups excluding carboxylic acids is 1. The second-order valence-electron chi connectivity index (χ2n) is 7.14. The molecule has 0 fully saturated rings. The van der Waals surface area contributed by atoms with Crippen molar-refractivity contribution in [2.45, 2.75) is 46.8 Å². The highest BCUT2D eigenvalue weighted by molar-refractivity contribution is 7.71. The number of hydrogen-bond acceptors (Lipinski definition) is 4. The number of aliphatic hydroxyl groups is 1. The lowest BCUT2D eigenvalue weighted by atomic mass is 9.87. The van der Waals surface area contributed by atoms with Crippen LogP contribution in [0.15, 0.2) is 23.0 Å². The van der Waals surface area contributed by atoms with Crippen LogP contribution in [0.25, 0.3) is 10.9 Å². The molecular weight excluding hydrogens is 338 g/mol. The quantitative estimate of drug-likeness (QED) is 0.689. The lowest BCUT2D eigenvalue weighted by Gasteiger charge is -2.26. The summed E-state index contributed by atoms with van der Waals surface area (Å²) in [6.07, 6.45) is 0.169. The Kier molecular flexibility index (Phi) is 5.80. The van der Waals surface area contributed by atoms with Gasteiger partial charge in [0.05, 0.1) is 17.0 Å². The smallest absolute Gasteiger partial charge is 0.262 e. The molecule has 0 saturated heterocycles. The Balaban J connectivity index is 2.26. The summed E-state index contributed by atoms with van der Waals surface area (Å²) >= 11 is 5.20. The second kappa shape index (κ2) is 7.49. The van der Waals surface area contributed by atoms with Crippen LogP contribution in [-0.2, 0) is 6.54 Å². The number of H-pyrrole nitrogens is 1. The van der Waals surface area contributed by atoms with E-state index in [0.717, 1.165) is 0 Å². The summed E-state index contributed by atoms with van der Waals surface area (Å²) in [6, 6.07) is 4.92. The van der Waals surface area contributed by atoms with E-state index in [-0.39, 0.29) is 16.9 Å². The third kappa shape index (κ3) is 4.55. The molecule has 1 aromatic carbocycles. The molecule has 1 atom stereocenters. The molecule has 0 bridgehead atoms. The highest BCUT2D eigenvalue weighted by Crippen LogP contribution is 2.21. The number of aliphatic hydroxyl groups excluding tert-OH is 1. The molecular formula is C18H25N3O3S. The van der Waals surface area contributed by atoms with Gasteiger partial charge in [0.1, 0.15) is 0 Å². The highest BCUT2D eigenvalue weighted by Gasteiger charge is 2.21. The number of hydrogen-bond donors (Lipinski definition) is 3. The summed E-state index contributed by atoms with van der Waals surface area (Å²) in [4.78, 5) is 27.8. The fourth-order valence-electron chi connectivity index (χ4n) is 2.98. The molecule has 0 unspecified atom stereocenters. The topological polar surface area (TPSA) is 87.1 Å². The maximum Gasteiger partial charge on any atom is 0.262 e. The maximum atomic E-state index is 12.4. The van der Waals surface area contributed by atoms with E-state index in [2.05, 4.69) is 10.3 Å². The van der Waals surface area contributed by atoms with Crippen molar-refractivity contribution in [3.8, 4) is 0 Å². The van der Waals surface area contributed by atoms with Gasteiger partial charge in [-0.05, 0) is 56.1 Å². The highest BCUT2D eigenvalue weighted by atomic mass is 32.1. The van der Waals surface area contributed by atoms with Crippen LogP contribution in [0, 0.1) is 10.2 Å². The zero-order valence-electron chi connectivity index (χ0n) is 15.0. The third-order valence-electron chi connectivity index (χ3n) is 4.14. The molecule has 1 aromatic heterocycles. The first-order valence-electron chi connectivity index (χ1n) is 8.38. The van der Waals surface area contributed by atoms with Gasteiger partial charge in [-0.1, -0.05) is 13.8 Å². The fraction of sp³-hybridized carbons (Fsp3) is 0.500. The average molecular weight is 363 g/mol. The van der Waals surface area contributed by atoms with Gasteiger partial charge in [-0.25, -0.2) is 0 Å². The van der Waals surface area contributed by atoms with Crippen molar-refractivity contribution in [1.29, 1.82) is 0 Å². The average Bonchev–Trinajstić information content (AvgIpc) is 2.51. The van der Waals surface area contributed by atoms with Crippen LogP contribution in [0.4, 0.5) is 0 Å². The molecule has 0 aliphatic rings. The van der Waals surface area contributed by atoms with Crippen molar-refractivity contribution in [3.05, 3.63) is 38.9 Å². The summed E-state index contributed by atoms with van der Waals surface area (Å²) < 4.78 is 1.83. The zero-order valence-corrected chi connectivity index (χ0v) is 15.9. The van der Waals surface area contributed by atoms with E-state index >= 15 is 0 Å². The lowest BCUT2D eigenvalue weighted by Crippen LogP contribution is -2.35. The monoisotopic (exact) mass is 363 g/mol. The van der Waals surface area contributed by atoms with Crippen LogP contribution in [0.5, 0.6) is 0 Å². The normalized spacial score (nSPS) is 13.0. The van der Waals surface area contributed by atoms with Crippen LogP contribution in [-0.4, -0.2) is 33.2 Å². The molecule has 1 heterocycles. The molecule has 1 amide bonds. The van der Waals surface area contributed by atoms with E-state index in [9.17, 15) is 14.7 Å². The minimum absolute atomic E-state index is 0.161.